The first-order valence-electron chi connectivity index (χ1n) is 9.74. The van der Waals surface area contributed by atoms with Crippen LogP contribution in [0.25, 0.3) is 10.9 Å². The van der Waals surface area contributed by atoms with Gasteiger partial charge >= 0.3 is 0 Å². The van der Waals surface area contributed by atoms with E-state index >= 15 is 0 Å². The summed E-state index contributed by atoms with van der Waals surface area (Å²) in [5.74, 6) is 0.227. The number of aromatic nitrogens is 3. The standard InChI is InChI=1S/C23H20N4O3S/c28-20(12-13-27-22(29)18-8-4-5-9-19(18)26-23(27)31)25-17-10-11-21(24-14-17)30-15-16-6-2-1-3-7-16/h1-11,14H,12-13,15H2,(H,25,28)(H,26,31). The summed E-state index contributed by atoms with van der Waals surface area (Å²) in [4.78, 5) is 32.2. The number of carbonyl (C=O) groups excluding carboxylic acids is 1. The average molecular weight is 433 g/mol. The van der Waals surface area contributed by atoms with Gasteiger partial charge in [-0.3, -0.25) is 14.2 Å². The normalized spacial score (nSPS) is 10.7. The van der Waals surface area contributed by atoms with Gasteiger partial charge in [-0.05, 0) is 36.0 Å². The highest BCUT2D eigenvalue weighted by molar-refractivity contribution is 7.71. The molecular formula is C23H20N4O3S. The molecule has 0 radical (unpaired) electrons. The number of hydrogen-bond acceptors (Lipinski definition) is 5. The summed E-state index contributed by atoms with van der Waals surface area (Å²) < 4.78 is 7.33. The minimum Gasteiger partial charge on any atom is -0.473 e. The lowest BCUT2D eigenvalue weighted by molar-refractivity contribution is -0.116. The molecule has 4 rings (SSSR count). The molecule has 4 aromatic rings. The van der Waals surface area contributed by atoms with Crippen LogP contribution in [0.4, 0.5) is 5.69 Å². The molecule has 0 saturated carbocycles. The number of ether oxygens (including phenoxy) is 1. The Morgan fingerprint density at radius 2 is 1.84 bits per heavy atom. The van der Waals surface area contributed by atoms with E-state index in [0.717, 1.165) is 5.56 Å². The number of nitrogens with one attached hydrogen (secondary N) is 2. The predicted molar refractivity (Wildman–Crippen MR) is 122 cm³/mol. The molecule has 0 atom stereocenters. The summed E-state index contributed by atoms with van der Waals surface area (Å²) in [7, 11) is 0. The summed E-state index contributed by atoms with van der Waals surface area (Å²) in [5, 5.41) is 3.31. The fraction of sp³-hybridized carbons (Fsp3) is 0.130. The Labute approximate surface area is 183 Å². The summed E-state index contributed by atoms with van der Waals surface area (Å²) in [6.07, 6.45) is 1.63. The van der Waals surface area contributed by atoms with E-state index in [0.29, 0.717) is 29.1 Å². The Morgan fingerprint density at radius 3 is 2.61 bits per heavy atom. The van der Waals surface area contributed by atoms with Crippen LogP contribution in [0.5, 0.6) is 5.88 Å². The number of aromatic amines is 1. The minimum absolute atomic E-state index is 0.0992. The van der Waals surface area contributed by atoms with Crippen LogP contribution in [-0.2, 0) is 17.9 Å². The van der Waals surface area contributed by atoms with Crippen LogP contribution in [0.2, 0.25) is 0 Å². The molecule has 0 aliphatic heterocycles. The van der Waals surface area contributed by atoms with E-state index in [-0.39, 0.29) is 29.2 Å². The summed E-state index contributed by atoms with van der Waals surface area (Å²) in [5.41, 5.74) is 2.06. The second-order valence-electron chi connectivity index (χ2n) is 6.89. The number of rotatable bonds is 7. The van der Waals surface area contributed by atoms with Crippen molar-refractivity contribution in [2.45, 2.75) is 19.6 Å². The molecule has 31 heavy (non-hydrogen) atoms. The van der Waals surface area contributed by atoms with Crippen molar-refractivity contribution in [3.63, 3.8) is 0 Å². The maximum absolute atomic E-state index is 12.6. The van der Waals surface area contributed by atoms with Crippen LogP contribution in [0.15, 0.2) is 77.7 Å². The van der Waals surface area contributed by atoms with Gasteiger partial charge in [-0.1, -0.05) is 42.5 Å². The molecular weight excluding hydrogens is 412 g/mol. The molecule has 0 saturated heterocycles. The van der Waals surface area contributed by atoms with Gasteiger partial charge in [-0.25, -0.2) is 4.98 Å². The molecule has 0 fully saturated rings. The molecule has 2 heterocycles. The van der Waals surface area contributed by atoms with Crippen LogP contribution in [-0.4, -0.2) is 20.4 Å². The van der Waals surface area contributed by atoms with Crippen molar-refractivity contribution in [3.8, 4) is 5.88 Å². The SMILES string of the molecule is O=C(CCn1c(=S)[nH]c2ccccc2c1=O)Nc1ccc(OCc2ccccc2)nc1. The molecule has 0 aliphatic rings. The van der Waals surface area contributed by atoms with E-state index in [9.17, 15) is 9.59 Å². The van der Waals surface area contributed by atoms with Gasteiger partial charge in [0.1, 0.15) is 6.61 Å². The molecule has 2 aromatic heterocycles. The van der Waals surface area contributed by atoms with Crippen molar-refractivity contribution >= 4 is 34.7 Å². The fourth-order valence-corrected chi connectivity index (χ4v) is 3.39. The third-order valence-electron chi connectivity index (χ3n) is 4.70. The molecule has 0 aliphatic carbocycles. The van der Waals surface area contributed by atoms with Crippen molar-refractivity contribution in [1.29, 1.82) is 0 Å². The van der Waals surface area contributed by atoms with Crippen LogP contribution < -0.4 is 15.6 Å². The topological polar surface area (TPSA) is 89.0 Å². The highest BCUT2D eigenvalue weighted by atomic mass is 32.1. The number of fused-ring (bicyclic) bond motifs is 1. The van der Waals surface area contributed by atoms with E-state index in [4.69, 9.17) is 17.0 Å². The molecule has 2 N–H and O–H groups in total. The first-order valence-corrected chi connectivity index (χ1v) is 10.2. The quantitative estimate of drug-likeness (QED) is 0.430. The molecule has 2 aromatic carbocycles. The first kappa shape index (κ1) is 20.5. The Hall–Kier alpha value is -3.78. The number of anilines is 1. The van der Waals surface area contributed by atoms with E-state index in [1.165, 1.54) is 10.8 Å². The Kier molecular flexibility index (Phi) is 6.18. The molecule has 0 unspecified atom stereocenters. The molecule has 156 valence electrons. The number of carbonyl (C=O) groups is 1. The van der Waals surface area contributed by atoms with Gasteiger partial charge in [0, 0.05) is 19.0 Å². The lowest BCUT2D eigenvalue weighted by atomic mass is 10.2. The summed E-state index contributed by atoms with van der Waals surface area (Å²) >= 11 is 5.27. The first-order chi connectivity index (χ1) is 15.1. The minimum atomic E-state index is -0.241. The van der Waals surface area contributed by atoms with E-state index in [2.05, 4.69) is 15.3 Å². The molecule has 7 nitrogen and oxygen atoms in total. The predicted octanol–water partition coefficient (Wildman–Crippen LogP) is 4.06. The molecule has 0 bridgehead atoms. The highest BCUT2D eigenvalue weighted by Gasteiger charge is 2.09. The van der Waals surface area contributed by atoms with Gasteiger partial charge in [0.25, 0.3) is 5.56 Å². The Bertz CT molecular complexity index is 1310. The lowest BCUT2D eigenvalue weighted by Gasteiger charge is -2.09. The number of hydrogen-bond donors (Lipinski definition) is 2. The Balaban J connectivity index is 1.34. The van der Waals surface area contributed by atoms with Gasteiger partial charge in [0.15, 0.2) is 4.77 Å². The van der Waals surface area contributed by atoms with Crippen molar-refractivity contribution < 1.29 is 9.53 Å². The number of amides is 1. The average Bonchev–Trinajstić information content (AvgIpc) is 2.79. The summed E-state index contributed by atoms with van der Waals surface area (Å²) in [6.45, 7) is 0.594. The number of benzene rings is 2. The number of para-hydroxylation sites is 1. The van der Waals surface area contributed by atoms with Crippen LogP contribution in [0.3, 0.4) is 0 Å². The Morgan fingerprint density at radius 1 is 1.06 bits per heavy atom. The van der Waals surface area contributed by atoms with Gasteiger partial charge in [-0.2, -0.15) is 0 Å². The van der Waals surface area contributed by atoms with Crippen molar-refractivity contribution in [2.24, 2.45) is 0 Å². The van der Waals surface area contributed by atoms with Gasteiger partial charge in [0.2, 0.25) is 11.8 Å². The third kappa shape index (κ3) is 5.04. The summed E-state index contributed by atoms with van der Waals surface area (Å²) in [6, 6.07) is 20.4. The fourth-order valence-electron chi connectivity index (χ4n) is 3.11. The van der Waals surface area contributed by atoms with E-state index < -0.39 is 0 Å². The monoisotopic (exact) mass is 432 g/mol. The maximum Gasteiger partial charge on any atom is 0.262 e. The van der Waals surface area contributed by atoms with Crippen LogP contribution >= 0.6 is 12.2 Å². The third-order valence-corrected chi connectivity index (χ3v) is 5.02. The van der Waals surface area contributed by atoms with Crippen molar-refractivity contribution in [1.82, 2.24) is 14.5 Å². The van der Waals surface area contributed by atoms with Crippen molar-refractivity contribution in [3.05, 3.63) is 93.6 Å². The lowest BCUT2D eigenvalue weighted by Crippen LogP contribution is -2.25. The van der Waals surface area contributed by atoms with Crippen molar-refractivity contribution in [2.75, 3.05) is 5.32 Å². The van der Waals surface area contributed by atoms with Gasteiger partial charge in [-0.15, -0.1) is 0 Å². The second-order valence-corrected chi connectivity index (χ2v) is 7.28. The smallest absolute Gasteiger partial charge is 0.262 e. The largest absolute Gasteiger partial charge is 0.473 e. The zero-order chi connectivity index (χ0) is 21.6. The number of H-pyrrole nitrogens is 1. The highest BCUT2D eigenvalue weighted by Crippen LogP contribution is 2.14. The second kappa shape index (κ2) is 9.36. The molecule has 1 amide bonds. The zero-order valence-electron chi connectivity index (χ0n) is 16.6. The maximum atomic E-state index is 12.6. The van der Waals surface area contributed by atoms with E-state index in [1.807, 2.05) is 36.4 Å². The van der Waals surface area contributed by atoms with Crippen LogP contribution in [0.1, 0.15) is 12.0 Å². The molecule has 8 heteroatoms. The zero-order valence-corrected chi connectivity index (χ0v) is 17.4. The van der Waals surface area contributed by atoms with E-state index in [1.54, 1.807) is 30.3 Å². The van der Waals surface area contributed by atoms with Gasteiger partial charge < -0.3 is 15.0 Å². The van der Waals surface area contributed by atoms with Crippen LogP contribution in [0, 0.1) is 4.77 Å². The molecule has 0 spiro atoms. The van der Waals surface area contributed by atoms with Gasteiger partial charge in [0.05, 0.1) is 22.8 Å². The number of nitrogens with zero attached hydrogens (tertiary/aromatic N) is 2. The number of pyridine rings is 1.